The minimum absolute atomic E-state index is 0.0404. The largest absolute Gasteiger partial charge is 0.450 e. The van der Waals surface area contributed by atoms with Gasteiger partial charge < -0.3 is 14.1 Å². The van der Waals surface area contributed by atoms with Crippen LogP contribution in [0.1, 0.15) is 41.2 Å². The highest BCUT2D eigenvalue weighted by molar-refractivity contribution is 7.89. The van der Waals surface area contributed by atoms with Crippen LogP contribution in [0, 0.1) is 0 Å². The van der Waals surface area contributed by atoms with Gasteiger partial charge in [0.15, 0.2) is 0 Å². The summed E-state index contributed by atoms with van der Waals surface area (Å²) in [5.41, 5.74) is 2.48. The second-order valence-electron chi connectivity index (χ2n) is 8.42. The van der Waals surface area contributed by atoms with Crippen LogP contribution < -0.4 is 5.32 Å². The van der Waals surface area contributed by atoms with Gasteiger partial charge in [0.25, 0.3) is 5.91 Å². The average Bonchev–Trinajstić information content (AvgIpc) is 3.35. The fourth-order valence-electron chi connectivity index (χ4n) is 3.87. The molecule has 1 N–H and O–H groups in total. The fourth-order valence-corrected chi connectivity index (χ4v) is 5.29. The molecule has 3 aromatic rings. The lowest BCUT2D eigenvalue weighted by molar-refractivity contribution is 0.0933. The zero-order chi connectivity index (χ0) is 26.4. The van der Waals surface area contributed by atoms with Crippen molar-refractivity contribution in [2.24, 2.45) is 0 Å². The van der Waals surface area contributed by atoms with E-state index in [0.29, 0.717) is 12.3 Å². The van der Waals surface area contributed by atoms with Crippen molar-refractivity contribution >= 4 is 28.0 Å². The predicted molar refractivity (Wildman–Crippen MR) is 135 cm³/mol. The molecule has 11 nitrogen and oxygen atoms in total. The zero-order valence-electron chi connectivity index (χ0n) is 20.7. The van der Waals surface area contributed by atoms with Crippen molar-refractivity contribution in [1.82, 2.24) is 19.4 Å². The monoisotopic (exact) mass is 527 g/mol. The quantitative estimate of drug-likeness (QED) is 0.472. The molecule has 196 valence electrons. The number of nitrogens with one attached hydrogen (secondary N) is 1. The molecule has 1 fully saturated rings. The van der Waals surface area contributed by atoms with Crippen molar-refractivity contribution in [3.05, 3.63) is 71.1 Å². The van der Waals surface area contributed by atoms with Gasteiger partial charge >= 0.3 is 12.1 Å². The van der Waals surface area contributed by atoms with E-state index in [0.717, 1.165) is 12.0 Å². The van der Waals surface area contributed by atoms with E-state index in [1.54, 1.807) is 6.92 Å². The number of nitrogens with zero attached hydrogens (tertiary/aromatic N) is 4. The van der Waals surface area contributed by atoms with Crippen LogP contribution in [0.3, 0.4) is 0 Å². The van der Waals surface area contributed by atoms with Crippen LogP contribution in [0.4, 0.5) is 10.8 Å². The highest BCUT2D eigenvalue weighted by atomic mass is 32.2. The fraction of sp³-hybridized carbons (Fsp3) is 0.360. The maximum Gasteiger partial charge on any atom is 0.409 e. The van der Waals surface area contributed by atoms with Crippen molar-refractivity contribution in [3.8, 4) is 0 Å². The van der Waals surface area contributed by atoms with E-state index in [1.807, 2.05) is 24.3 Å². The molecule has 0 spiro atoms. The smallest absolute Gasteiger partial charge is 0.409 e. The molecule has 37 heavy (non-hydrogen) atoms. The van der Waals surface area contributed by atoms with Gasteiger partial charge in [-0.25, -0.2) is 13.2 Å². The van der Waals surface area contributed by atoms with Crippen LogP contribution in [-0.4, -0.2) is 72.6 Å². The molecule has 1 saturated heterocycles. The SMILES string of the molecule is CCOC(=O)N1CCN(S(=O)(=O)c2ccc(C(=O)Nc3nnc(Cc4ccc(CC)cc4)o3)cc2)CC1. The molecular weight excluding hydrogens is 498 g/mol. The Balaban J connectivity index is 1.34. The highest BCUT2D eigenvalue weighted by Gasteiger charge is 2.30. The van der Waals surface area contributed by atoms with Crippen LogP contribution in [-0.2, 0) is 27.6 Å². The molecule has 1 aliphatic rings. The molecular formula is C25H29N5O6S. The Morgan fingerprint density at radius 3 is 2.22 bits per heavy atom. The molecule has 1 aromatic heterocycles. The van der Waals surface area contributed by atoms with Crippen LogP contribution >= 0.6 is 0 Å². The molecule has 0 saturated carbocycles. The molecule has 12 heteroatoms. The van der Waals surface area contributed by atoms with Crippen molar-refractivity contribution in [1.29, 1.82) is 0 Å². The van der Waals surface area contributed by atoms with Gasteiger partial charge in [0.05, 0.1) is 17.9 Å². The number of hydrogen-bond donors (Lipinski definition) is 1. The van der Waals surface area contributed by atoms with E-state index in [-0.39, 0.29) is 49.3 Å². The van der Waals surface area contributed by atoms with Crippen LogP contribution in [0.2, 0.25) is 0 Å². The van der Waals surface area contributed by atoms with E-state index in [1.165, 1.54) is 39.0 Å². The first-order valence-electron chi connectivity index (χ1n) is 12.0. The van der Waals surface area contributed by atoms with Crippen molar-refractivity contribution in [3.63, 3.8) is 0 Å². The first-order chi connectivity index (χ1) is 17.8. The number of anilines is 1. The van der Waals surface area contributed by atoms with Gasteiger partial charge in [0.2, 0.25) is 15.9 Å². The number of hydrogen-bond acceptors (Lipinski definition) is 8. The summed E-state index contributed by atoms with van der Waals surface area (Å²) in [4.78, 5) is 26.0. The Morgan fingerprint density at radius 2 is 1.59 bits per heavy atom. The summed E-state index contributed by atoms with van der Waals surface area (Å²) in [6.45, 7) is 4.87. The highest BCUT2D eigenvalue weighted by Crippen LogP contribution is 2.20. The molecule has 0 unspecified atom stereocenters. The Bertz CT molecular complexity index is 1330. The number of piperazine rings is 1. The Labute approximate surface area is 215 Å². The van der Waals surface area contributed by atoms with E-state index in [9.17, 15) is 18.0 Å². The predicted octanol–water partition coefficient (Wildman–Crippen LogP) is 2.94. The molecule has 4 rings (SSSR count). The van der Waals surface area contributed by atoms with E-state index in [2.05, 4.69) is 22.4 Å². The van der Waals surface area contributed by atoms with Crippen LogP contribution in [0.25, 0.3) is 0 Å². The first-order valence-corrected chi connectivity index (χ1v) is 13.5. The van der Waals surface area contributed by atoms with Crippen LogP contribution in [0.5, 0.6) is 0 Å². The third-order valence-corrected chi connectivity index (χ3v) is 7.91. The number of aryl methyl sites for hydroxylation is 1. The minimum Gasteiger partial charge on any atom is -0.450 e. The summed E-state index contributed by atoms with van der Waals surface area (Å²) in [7, 11) is -3.77. The minimum atomic E-state index is -3.77. The number of carbonyl (C=O) groups excluding carboxylic acids is 2. The first kappa shape index (κ1) is 26.3. The summed E-state index contributed by atoms with van der Waals surface area (Å²) in [6.07, 6.45) is 0.944. The lowest BCUT2D eigenvalue weighted by atomic mass is 10.1. The summed E-state index contributed by atoms with van der Waals surface area (Å²) >= 11 is 0. The Hall–Kier alpha value is -3.77. The number of rotatable bonds is 8. The van der Waals surface area contributed by atoms with Gasteiger partial charge in [-0.1, -0.05) is 36.3 Å². The van der Waals surface area contributed by atoms with Gasteiger partial charge in [0.1, 0.15) is 0 Å². The second-order valence-corrected chi connectivity index (χ2v) is 10.4. The van der Waals surface area contributed by atoms with Crippen LogP contribution in [0.15, 0.2) is 57.8 Å². The summed E-state index contributed by atoms with van der Waals surface area (Å²) in [5, 5.41) is 10.4. The van der Waals surface area contributed by atoms with Crippen molar-refractivity contribution in [2.45, 2.75) is 31.6 Å². The number of sulfonamides is 1. The number of aromatic nitrogens is 2. The van der Waals surface area contributed by atoms with Gasteiger partial charge in [-0.2, -0.15) is 4.31 Å². The molecule has 0 radical (unpaired) electrons. The maximum atomic E-state index is 13.0. The van der Waals surface area contributed by atoms with Crippen molar-refractivity contribution < 1.29 is 27.2 Å². The topological polar surface area (TPSA) is 135 Å². The van der Waals surface area contributed by atoms with E-state index < -0.39 is 22.0 Å². The summed E-state index contributed by atoms with van der Waals surface area (Å²) in [5.74, 6) is -0.140. The third-order valence-electron chi connectivity index (χ3n) is 5.99. The van der Waals surface area contributed by atoms with Crippen molar-refractivity contribution in [2.75, 3.05) is 38.1 Å². The molecule has 2 heterocycles. The molecule has 2 aromatic carbocycles. The maximum absolute atomic E-state index is 13.0. The van der Waals surface area contributed by atoms with E-state index >= 15 is 0 Å². The third kappa shape index (κ3) is 6.33. The summed E-state index contributed by atoms with van der Waals surface area (Å²) in [6, 6.07) is 13.6. The van der Waals surface area contributed by atoms with Gasteiger partial charge in [-0.3, -0.25) is 10.1 Å². The van der Waals surface area contributed by atoms with Gasteiger partial charge in [-0.15, -0.1) is 5.10 Å². The normalized spacial score (nSPS) is 14.4. The Morgan fingerprint density at radius 1 is 0.946 bits per heavy atom. The molecule has 2 amide bonds. The van der Waals surface area contributed by atoms with Gasteiger partial charge in [-0.05, 0) is 48.7 Å². The number of ether oxygens (including phenoxy) is 1. The summed E-state index contributed by atoms with van der Waals surface area (Å²) < 4.78 is 37.8. The standard InChI is InChI=1S/C25H29N5O6S/c1-3-18-5-7-19(8-6-18)17-22-27-28-24(36-22)26-23(31)20-9-11-21(12-10-20)37(33,34)30-15-13-29(14-16-30)25(32)35-4-2/h5-12H,3-4,13-17H2,1-2H3,(H,26,28,31). The zero-order valence-corrected chi connectivity index (χ0v) is 21.5. The average molecular weight is 528 g/mol. The molecule has 0 atom stereocenters. The van der Waals surface area contributed by atoms with Gasteiger partial charge in [0, 0.05) is 31.7 Å². The number of amides is 2. The number of carbonyl (C=O) groups is 2. The Kier molecular flexibility index (Phi) is 8.19. The molecule has 0 aliphatic carbocycles. The number of benzene rings is 2. The lowest BCUT2D eigenvalue weighted by Crippen LogP contribution is -2.50. The molecule has 0 bridgehead atoms. The second kappa shape index (κ2) is 11.5. The van der Waals surface area contributed by atoms with E-state index in [4.69, 9.17) is 9.15 Å². The molecule has 1 aliphatic heterocycles. The lowest BCUT2D eigenvalue weighted by Gasteiger charge is -2.33.